The van der Waals surface area contributed by atoms with Crippen molar-refractivity contribution >= 4 is 5.84 Å². The summed E-state index contributed by atoms with van der Waals surface area (Å²) in [5.74, 6) is 0.970. The fourth-order valence-corrected chi connectivity index (χ4v) is 0.784. The third-order valence-corrected chi connectivity index (χ3v) is 1.01. The molecule has 0 aliphatic carbocycles. The summed E-state index contributed by atoms with van der Waals surface area (Å²) in [5, 5.41) is 3.26. The molecule has 96 valence electrons. The van der Waals surface area contributed by atoms with Gasteiger partial charge >= 0.3 is 0 Å². The Kier molecular flexibility index (Phi) is 8.17. The molecule has 0 heterocycles. The largest absolute Gasteiger partial charge is 0.369 e. The van der Waals surface area contributed by atoms with Crippen LogP contribution < -0.4 is 11.1 Å². The second kappa shape index (κ2) is 7.44. The summed E-state index contributed by atoms with van der Waals surface area (Å²) in [5.41, 5.74) is 5.46. The van der Waals surface area contributed by atoms with Gasteiger partial charge in [0, 0.05) is 11.1 Å². The zero-order valence-electron chi connectivity index (χ0n) is 12.0. The number of hydrogen-bond acceptors (Lipinski definition) is 2. The van der Waals surface area contributed by atoms with Gasteiger partial charge in [-0.25, -0.2) is 0 Å². The van der Waals surface area contributed by atoms with E-state index < -0.39 is 0 Å². The minimum atomic E-state index is 0. The van der Waals surface area contributed by atoms with Crippen molar-refractivity contribution in [2.75, 3.05) is 6.54 Å². The minimum Gasteiger partial charge on any atom is -0.369 e. The Hall–Kier alpha value is -0.830. The van der Waals surface area contributed by atoms with Gasteiger partial charge in [0.1, 0.15) is 0 Å². The first-order valence-corrected chi connectivity index (χ1v) is 5.65. The molecule has 0 radical (unpaired) electrons. The van der Waals surface area contributed by atoms with Crippen molar-refractivity contribution in [3.05, 3.63) is 12.7 Å². The predicted molar refractivity (Wildman–Crippen MR) is 75.0 cm³/mol. The molecule has 0 spiro atoms. The Bertz CT molecular complexity index is 210. The van der Waals surface area contributed by atoms with Gasteiger partial charge in [0.2, 0.25) is 0 Å². The molecule has 0 fully saturated rings. The van der Waals surface area contributed by atoms with E-state index in [9.17, 15) is 0 Å². The van der Waals surface area contributed by atoms with Crippen molar-refractivity contribution in [1.29, 1.82) is 0 Å². The standard InChI is InChI=1S/C9H18N2.C4H11N/c1-6-7-10-8(2)11-9(3,4)5;1-4(2,3)5/h6H,1,7H2,2-5H3,(H,10,11);5H2,1-3H3. The molecule has 0 saturated heterocycles. The lowest BCUT2D eigenvalue weighted by atomic mass is 10.1. The molecule has 0 aliphatic rings. The topological polar surface area (TPSA) is 50.4 Å². The molecule has 3 nitrogen and oxygen atoms in total. The average molecular weight is 227 g/mol. The maximum atomic E-state index is 5.35. The molecule has 0 saturated carbocycles. The van der Waals surface area contributed by atoms with Gasteiger partial charge in [-0.15, -0.1) is 6.58 Å². The molecule has 16 heavy (non-hydrogen) atoms. The van der Waals surface area contributed by atoms with Gasteiger partial charge in [-0.05, 0) is 48.5 Å². The van der Waals surface area contributed by atoms with Crippen LogP contribution in [0.5, 0.6) is 0 Å². The van der Waals surface area contributed by atoms with E-state index in [-0.39, 0.29) is 11.1 Å². The van der Waals surface area contributed by atoms with E-state index in [1.54, 1.807) is 6.08 Å². The maximum absolute atomic E-state index is 5.35. The van der Waals surface area contributed by atoms with Gasteiger partial charge in [-0.2, -0.15) is 0 Å². The summed E-state index contributed by atoms with van der Waals surface area (Å²) in [7, 11) is 0. The highest BCUT2D eigenvalue weighted by Crippen LogP contribution is 1.97. The number of hydrogen-bond donors (Lipinski definition) is 2. The predicted octanol–water partition coefficient (Wildman–Crippen LogP) is 2.72. The Labute approximate surface area is 101 Å². The zero-order chi connectivity index (χ0) is 13.4. The van der Waals surface area contributed by atoms with Crippen LogP contribution in [0.2, 0.25) is 0 Å². The van der Waals surface area contributed by atoms with Gasteiger partial charge in [0.15, 0.2) is 0 Å². The third kappa shape index (κ3) is 29.2. The first kappa shape index (κ1) is 17.6. The monoisotopic (exact) mass is 227 g/mol. The van der Waals surface area contributed by atoms with Gasteiger partial charge < -0.3 is 11.1 Å². The highest BCUT2D eigenvalue weighted by Gasteiger charge is 2.08. The second-order valence-corrected chi connectivity index (χ2v) is 5.96. The molecular formula is C13H29N3. The molecule has 0 amide bonds. The summed E-state index contributed by atoms with van der Waals surface area (Å²) in [6.07, 6.45) is 1.79. The number of amidine groups is 1. The van der Waals surface area contributed by atoms with Crippen LogP contribution in [0.1, 0.15) is 48.5 Å². The molecule has 0 aliphatic heterocycles. The number of aliphatic imine (C=N–C) groups is 1. The third-order valence-electron chi connectivity index (χ3n) is 1.01. The Morgan fingerprint density at radius 2 is 1.62 bits per heavy atom. The molecular weight excluding hydrogens is 198 g/mol. The summed E-state index contributed by atoms with van der Waals surface area (Å²) in [4.78, 5) is 4.22. The minimum absolute atomic E-state index is 0. The molecule has 0 aromatic rings. The highest BCUT2D eigenvalue weighted by atomic mass is 15.0. The van der Waals surface area contributed by atoms with E-state index in [0.717, 1.165) is 5.84 Å². The van der Waals surface area contributed by atoms with Crippen LogP contribution in [0, 0.1) is 0 Å². The van der Waals surface area contributed by atoms with Crippen molar-refractivity contribution < 1.29 is 0 Å². The van der Waals surface area contributed by atoms with Crippen LogP contribution in [-0.2, 0) is 0 Å². The van der Waals surface area contributed by atoms with Gasteiger partial charge in [0.05, 0.1) is 12.4 Å². The van der Waals surface area contributed by atoms with E-state index in [1.165, 1.54) is 0 Å². The van der Waals surface area contributed by atoms with Crippen molar-refractivity contribution in [2.45, 2.75) is 59.5 Å². The summed E-state index contributed by atoms with van der Waals surface area (Å²) in [6.45, 7) is 18.5. The molecule has 0 unspecified atom stereocenters. The summed E-state index contributed by atoms with van der Waals surface area (Å²) < 4.78 is 0. The van der Waals surface area contributed by atoms with Crippen molar-refractivity contribution in [2.24, 2.45) is 10.7 Å². The van der Waals surface area contributed by atoms with Crippen molar-refractivity contribution in [3.8, 4) is 0 Å². The normalized spacial score (nSPS) is 12.6. The molecule has 0 bridgehead atoms. The Balaban J connectivity index is 0. The Morgan fingerprint density at radius 1 is 1.25 bits per heavy atom. The Morgan fingerprint density at radius 3 is 1.88 bits per heavy atom. The van der Waals surface area contributed by atoms with E-state index >= 15 is 0 Å². The van der Waals surface area contributed by atoms with Crippen LogP contribution in [0.4, 0.5) is 0 Å². The van der Waals surface area contributed by atoms with Crippen molar-refractivity contribution in [3.63, 3.8) is 0 Å². The molecule has 0 rings (SSSR count). The highest BCUT2D eigenvalue weighted by molar-refractivity contribution is 5.80. The van der Waals surface area contributed by atoms with Crippen LogP contribution in [0.25, 0.3) is 0 Å². The van der Waals surface area contributed by atoms with Crippen LogP contribution in [0.15, 0.2) is 17.6 Å². The van der Waals surface area contributed by atoms with Crippen LogP contribution in [0.3, 0.4) is 0 Å². The van der Waals surface area contributed by atoms with E-state index in [0.29, 0.717) is 6.54 Å². The smallest absolute Gasteiger partial charge is 0.0939 e. The molecule has 3 heteroatoms. The van der Waals surface area contributed by atoms with Crippen LogP contribution >= 0.6 is 0 Å². The number of nitrogens with two attached hydrogens (primary N) is 1. The molecule has 0 aromatic heterocycles. The maximum Gasteiger partial charge on any atom is 0.0939 e. The fraction of sp³-hybridized carbons (Fsp3) is 0.769. The second-order valence-electron chi connectivity index (χ2n) is 5.96. The zero-order valence-corrected chi connectivity index (χ0v) is 12.0. The SMILES string of the molecule is C=CCN=C(C)NC(C)(C)C.CC(C)(C)N. The molecule has 3 N–H and O–H groups in total. The lowest BCUT2D eigenvalue weighted by molar-refractivity contribution is 0.510. The van der Waals surface area contributed by atoms with Gasteiger partial charge in [0.25, 0.3) is 0 Å². The average Bonchev–Trinajstić information content (AvgIpc) is 1.94. The van der Waals surface area contributed by atoms with E-state index in [2.05, 4.69) is 37.7 Å². The summed E-state index contributed by atoms with van der Waals surface area (Å²) >= 11 is 0. The number of nitrogens with zero attached hydrogens (tertiary/aromatic N) is 1. The van der Waals surface area contributed by atoms with Crippen LogP contribution in [-0.4, -0.2) is 23.5 Å². The fourth-order valence-electron chi connectivity index (χ4n) is 0.784. The number of nitrogens with one attached hydrogen (secondary N) is 1. The quantitative estimate of drug-likeness (QED) is 0.433. The van der Waals surface area contributed by atoms with Gasteiger partial charge in [-0.3, -0.25) is 4.99 Å². The molecule has 0 aromatic carbocycles. The van der Waals surface area contributed by atoms with E-state index in [4.69, 9.17) is 5.73 Å². The van der Waals surface area contributed by atoms with Crippen molar-refractivity contribution in [1.82, 2.24) is 5.32 Å². The summed E-state index contributed by atoms with van der Waals surface area (Å²) in [6, 6.07) is 0. The van der Waals surface area contributed by atoms with Gasteiger partial charge in [-0.1, -0.05) is 6.08 Å². The van der Waals surface area contributed by atoms with E-state index in [1.807, 2.05) is 27.7 Å². The molecule has 0 atom stereocenters. The number of rotatable bonds is 2. The first-order valence-electron chi connectivity index (χ1n) is 5.65. The lowest BCUT2D eigenvalue weighted by Crippen LogP contribution is -2.39. The first-order chi connectivity index (χ1) is 6.95. The lowest BCUT2D eigenvalue weighted by Gasteiger charge is -2.21.